The molecule has 19 heavy (non-hydrogen) atoms. The number of carbonyl (C=O) groups is 3. The molecule has 1 aliphatic heterocycles. The first-order valence-electron chi connectivity index (χ1n) is 6.26. The lowest BCUT2D eigenvalue weighted by molar-refractivity contribution is -0.144. The van der Waals surface area contributed by atoms with Crippen molar-refractivity contribution in [1.82, 2.24) is 0 Å². The number of anilines is 1. The van der Waals surface area contributed by atoms with Crippen LogP contribution < -0.4 is 5.32 Å². The first-order valence-corrected chi connectivity index (χ1v) is 6.26. The number of hydrogen-bond acceptors (Lipinski definition) is 4. The number of hydrogen-bond donors (Lipinski definition) is 1. The van der Waals surface area contributed by atoms with Gasteiger partial charge in [-0.2, -0.15) is 0 Å². The SMILES string of the molecule is O=C1Cc2cc(C(=O)COC(=O)C3CC3)ccc2N1. The van der Waals surface area contributed by atoms with Crippen molar-refractivity contribution in [2.45, 2.75) is 19.3 Å². The lowest BCUT2D eigenvalue weighted by Gasteiger charge is -2.05. The van der Waals surface area contributed by atoms with Gasteiger partial charge >= 0.3 is 5.97 Å². The summed E-state index contributed by atoms with van der Waals surface area (Å²) in [5.41, 5.74) is 2.03. The van der Waals surface area contributed by atoms with E-state index in [1.165, 1.54) is 0 Å². The van der Waals surface area contributed by atoms with Gasteiger partial charge in [0.2, 0.25) is 5.91 Å². The smallest absolute Gasteiger partial charge is 0.309 e. The summed E-state index contributed by atoms with van der Waals surface area (Å²) in [5.74, 6) is -0.600. The maximum atomic E-state index is 11.9. The Kier molecular flexibility index (Phi) is 2.81. The highest BCUT2D eigenvalue weighted by Crippen LogP contribution is 2.30. The van der Waals surface area contributed by atoms with Crippen molar-refractivity contribution in [3.8, 4) is 0 Å². The summed E-state index contributed by atoms with van der Waals surface area (Å²) in [6, 6.07) is 5.02. The third-order valence-corrected chi connectivity index (χ3v) is 3.31. The monoisotopic (exact) mass is 259 g/mol. The molecule has 0 saturated heterocycles. The standard InChI is InChI=1S/C14H13NO4/c16-12(7-19-14(18)8-1-2-8)9-3-4-11-10(5-9)6-13(17)15-11/h3-5,8H,1-2,6-7H2,(H,15,17). The number of ketones is 1. The Labute approximate surface area is 109 Å². The normalized spacial score (nSPS) is 16.7. The first-order chi connectivity index (χ1) is 9.13. The molecular formula is C14H13NO4. The van der Waals surface area contributed by atoms with Gasteiger partial charge in [0.05, 0.1) is 12.3 Å². The molecule has 0 radical (unpaired) electrons. The maximum Gasteiger partial charge on any atom is 0.309 e. The van der Waals surface area contributed by atoms with Crippen LogP contribution in [0.4, 0.5) is 5.69 Å². The van der Waals surface area contributed by atoms with Crippen LogP contribution in [0.5, 0.6) is 0 Å². The molecule has 98 valence electrons. The molecule has 2 aliphatic rings. The van der Waals surface area contributed by atoms with Crippen LogP contribution in [0, 0.1) is 5.92 Å². The lowest BCUT2D eigenvalue weighted by atomic mass is 10.1. The molecule has 5 heteroatoms. The minimum Gasteiger partial charge on any atom is -0.457 e. The minimum atomic E-state index is -0.286. The molecule has 5 nitrogen and oxygen atoms in total. The van der Waals surface area contributed by atoms with Gasteiger partial charge in [-0.3, -0.25) is 14.4 Å². The lowest BCUT2D eigenvalue weighted by Crippen LogP contribution is -2.15. The predicted octanol–water partition coefficient (Wildman–Crippen LogP) is 1.32. The molecule has 1 aromatic carbocycles. The van der Waals surface area contributed by atoms with Crippen molar-refractivity contribution < 1.29 is 19.1 Å². The highest BCUT2D eigenvalue weighted by Gasteiger charge is 2.31. The fourth-order valence-corrected chi connectivity index (χ4v) is 2.06. The largest absolute Gasteiger partial charge is 0.457 e. The summed E-state index contributed by atoms with van der Waals surface area (Å²) in [7, 11) is 0. The van der Waals surface area contributed by atoms with Gasteiger partial charge in [0, 0.05) is 11.3 Å². The summed E-state index contributed by atoms with van der Waals surface area (Å²) in [5, 5.41) is 2.70. The quantitative estimate of drug-likeness (QED) is 0.653. The molecule has 1 N–H and O–H groups in total. The van der Waals surface area contributed by atoms with Crippen LogP contribution in [-0.4, -0.2) is 24.3 Å². The van der Waals surface area contributed by atoms with E-state index in [9.17, 15) is 14.4 Å². The van der Waals surface area contributed by atoms with E-state index in [2.05, 4.69) is 5.32 Å². The molecule has 0 bridgehead atoms. The van der Waals surface area contributed by atoms with Crippen LogP contribution in [0.1, 0.15) is 28.8 Å². The Morgan fingerprint density at radius 3 is 2.84 bits per heavy atom. The molecule has 1 saturated carbocycles. The number of rotatable bonds is 4. The van der Waals surface area contributed by atoms with Crippen molar-refractivity contribution in [2.75, 3.05) is 11.9 Å². The van der Waals surface area contributed by atoms with Gasteiger partial charge < -0.3 is 10.1 Å². The fourth-order valence-electron chi connectivity index (χ4n) is 2.06. The van der Waals surface area contributed by atoms with E-state index in [0.29, 0.717) is 5.56 Å². The zero-order chi connectivity index (χ0) is 13.4. The van der Waals surface area contributed by atoms with E-state index in [0.717, 1.165) is 24.1 Å². The van der Waals surface area contributed by atoms with Crippen LogP contribution in [0.15, 0.2) is 18.2 Å². The Morgan fingerprint density at radius 1 is 1.32 bits per heavy atom. The van der Waals surface area contributed by atoms with Crippen LogP contribution >= 0.6 is 0 Å². The number of ether oxygens (including phenoxy) is 1. The summed E-state index contributed by atoms with van der Waals surface area (Å²) >= 11 is 0. The Hall–Kier alpha value is -2.17. The molecule has 3 rings (SSSR count). The highest BCUT2D eigenvalue weighted by molar-refractivity contribution is 6.02. The van der Waals surface area contributed by atoms with Crippen LogP contribution in [0.3, 0.4) is 0 Å². The number of Topliss-reactive ketones (excluding diaryl/α,β-unsaturated/α-hetero) is 1. The molecule has 0 unspecified atom stereocenters. The van der Waals surface area contributed by atoms with Crippen molar-refractivity contribution >= 4 is 23.3 Å². The van der Waals surface area contributed by atoms with E-state index < -0.39 is 0 Å². The molecular weight excluding hydrogens is 246 g/mol. The molecule has 1 fully saturated rings. The van der Waals surface area contributed by atoms with E-state index in [-0.39, 0.29) is 36.6 Å². The molecule has 0 spiro atoms. The summed E-state index contributed by atoms with van der Waals surface area (Å²) in [6.45, 7) is -0.227. The maximum absolute atomic E-state index is 11.9. The van der Waals surface area contributed by atoms with E-state index in [4.69, 9.17) is 4.74 Å². The fraction of sp³-hybridized carbons (Fsp3) is 0.357. The van der Waals surface area contributed by atoms with Gasteiger partial charge in [-0.15, -0.1) is 0 Å². The molecule has 1 heterocycles. The number of amides is 1. The third-order valence-electron chi connectivity index (χ3n) is 3.31. The second kappa shape index (κ2) is 4.50. The van der Waals surface area contributed by atoms with E-state index >= 15 is 0 Å². The zero-order valence-electron chi connectivity index (χ0n) is 10.3. The third kappa shape index (κ3) is 2.50. The average molecular weight is 259 g/mol. The molecule has 1 aromatic rings. The Bertz CT molecular complexity index is 575. The minimum absolute atomic E-state index is 0.00496. The number of nitrogens with one attached hydrogen (secondary N) is 1. The van der Waals surface area contributed by atoms with Gasteiger partial charge in [-0.05, 0) is 36.6 Å². The second-order valence-electron chi connectivity index (χ2n) is 4.90. The topological polar surface area (TPSA) is 72.5 Å². The Morgan fingerprint density at radius 2 is 2.11 bits per heavy atom. The summed E-state index contributed by atoms with van der Waals surface area (Å²) < 4.78 is 4.95. The number of carbonyl (C=O) groups excluding carboxylic acids is 3. The molecule has 0 aromatic heterocycles. The van der Waals surface area contributed by atoms with Gasteiger partial charge in [-0.25, -0.2) is 0 Å². The van der Waals surface area contributed by atoms with E-state index in [1.807, 2.05) is 0 Å². The predicted molar refractivity (Wildman–Crippen MR) is 66.8 cm³/mol. The van der Waals surface area contributed by atoms with Crippen LogP contribution in [0.2, 0.25) is 0 Å². The highest BCUT2D eigenvalue weighted by atomic mass is 16.5. The molecule has 1 amide bonds. The van der Waals surface area contributed by atoms with Gasteiger partial charge in [-0.1, -0.05) is 0 Å². The van der Waals surface area contributed by atoms with Gasteiger partial charge in [0.15, 0.2) is 12.4 Å². The zero-order valence-corrected chi connectivity index (χ0v) is 10.3. The average Bonchev–Trinajstić information content (AvgIpc) is 3.16. The number of fused-ring (bicyclic) bond motifs is 1. The Balaban J connectivity index is 1.65. The van der Waals surface area contributed by atoms with Gasteiger partial charge in [0.1, 0.15) is 0 Å². The van der Waals surface area contributed by atoms with Crippen LogP contribution in [-0.2, 0) is 20.7 Å². The number of benzene rings is 1. The van der Waals surface area contributed by atoms with Crippen molar-refractivity contribution in [3.63, 3.8) is 0 Å². The number of esters is 1. The van der Waals surface area contributed by atoms with E-state index in [1.54, 1.807) is 18.2 Å². The molecule has 0 atom stereocenters. The van der Waals surface area contributed by atoms with Crippen LogP contribution in [0.25, 0.3) is 0 Å². The first kappa shape index (κ1) is 11.9. The molecule has 1 aliphatic carbocycles. The van der Waals surface area contributed by atoms with Gasteiger partial charge in [0.25, 0.3) is 0 Å². The van der Waals surface area contributed by atoms with Crippen molar-refractivity contribution in [3.05, 3.63) is 29.3 Å². The second-order valence-corrected chi connectivity index (χ2v) is 4.90. The summed E-state index contributed by atoms with van der Waals surface area (Å²) in [4.78, 5) is 34.4. The summed E-state index contributed by atoms with van der Waals surface area (Å²) in [6.07, 6.45) is 2.01. The van der Waals surface area contributed by atoms with Crippen molar-refractivity contribution in [2.24, 2.45) is 5.92 Å². The van der Waals surface area contributed by atoms with Crippen molar-refractivity contribution in [1.29, 1.82) is 0 Å².